The zero-order chi connectivity index (χ0) is 24.1. The molecule has 0 saturated carbocycles. The lowest BCUT2D eigenvalue weighted by molar-refractivity contribution is -0.123. The summed E-state index contributed by atoms with van der Waals surface area (Å²) in [7, 11) is -0.692. The first kappa shape index (κ1) is 25.8. The highest BCUT2D eigenvalue weighted by atomic mass is 35.5. The number of halogens is 1. The molecule has 1 amide bonds. The van der Waals surface area contributed by atoms with Gasteiger partial charge in [0.1, 0.15) is 17.5 Å². The molecule has 0 saturated heterocycles. The molecule has 176 valence electrons. The molecule has 0 aromatic heterocycles. The molecule has 0 aliphatic heterocycles. The molecule has 2 rings (SSSR count). The SMILES string of the molecule is CC[C@H](C(=O)N[C@H](CC)c1ccc(OC)c(C)c1)N(c1ccc(OC)c(Cl)c1)S(C)(=O)=O. The van der Waals surface area contributed by atoms with Crippen LogP contribution in [0.25, 0.3) is 0 Å². The van der Waals surface area contributed by atoms with E-state index in [0.717, 1.165) is 27.4 Å². The van der Waals surface area contributed by atoms with Crippen LogP contribution in [-0.2, 0) is 14.8 Å². The molecule has 0 aliphatic carbocycles. The summed E-state index contributed by atoms with van der Waals surface area (Å²) < 4.78 is 37.0. The van der Waals surface area contributed by atoms with E-state index < -0.39 is 16.1 Å². The van der Waals surface area contributed by atoms with Gasteiger partial charge in [-0.15, -0.1) is 0 Å². The van der Waals surface area contributed by atoms with E-state index in [1.54, 1.807) is 26.2 Å². The lowest BCUT2D eigenvalue weighted by Gasteiger charge is -2.31. The molecule has 2 aromatic carbocycles. The van der Waals surface area contributed by atoms with Crippen LogP contribution >= 0.6 is 11.6 Å². The van der Waals surface area contributed by atoms with Gasteiger partial charge in [-0.25, -0.2) is 8.42 Å². The average Bonchev–Trinajstić information content (AvgIpc) is 2.74. The van der Waals surface area contributed by atoms with Crippen molar-refractivity contribution in [2.75, 3.05) is 24.8 Å². The summed E-state index contributed by atoms with van der Waals surface area (Å²) in [5.74, 6) is 0.800. The fourth-order valence-corrected chi connectivity index (χ4v) is 5.12. The molecule has 9 heteroatoms. The number of nitrogens with one attached hydrogen (secondary N) is 1. The molecule has 0 heterocycles. The molecule has 0 fully saturated rings. The van der Waals surface area contributed by atoms with E-state index in [4.69, 9.17) is 21.1 Å². The first-order valence-corrected chi connectivity index (χ1v) is 12.6. The number of hydrogen-bond donors (Lipinski definition) is 1. The van der Waals surface area contributed by atoms with Gasteiger partial charge in [0.05, 0.1) is 37.2 Å². The van der Waals surface area contributed by atoms with Crippen LogP contribution in [0, 0.1) is 6.92 Å². The Morgan fingerprint density at radius 2 is 1.69 bits per heavy atom. The Kier molecular flexibility index (Phi) is 8.81. The van der Waals surface area contributed by atoms with Crippen molar-refractivity contribution in [2.24, 2.45) is 0 Å². The second-order valence-corrected chi connectivity index (χ2v) is 9.77. The molecule has 2 aromatic rings. The Bertz CT molecular complexity index is 1060. The summed E-state index contributed by atoms with van der Waals surface area (Å²) in [6, 6.07) is 9.15. The van der Waals surface area contributed by atoms with Crippen LogP contribution in [0.3, 0.4) is 0 Å². The molecule has 32 heavy (non-hydrogen) atoms. The molecule has 2 atom stereocenters. The van der Waals surface area contributed by atoms with E-state index in [1.807, 2.05) is 32.0 Å². The van der Waals surface area contributed by atoms with E-state index in [0.29, 0.717) is 17.9 Å². The summed E-state index contributed by atoms with van der Waals surface area (Å²) in [5, 5.41) is 3.27. The molecule has 7 nitrogen and oxygen atoms in total. The minimum atomic E-state index is -3.78. The van der Waals surface area contributed by atoms with E-state index in [1.165, 1.54) is 13.2 Å². The fraction of sp³-hybridized carbons (Fsp3) is 0.435. The third kappa shape index (κ3) is 5.86. The van der Waals surface area contributed by atoms with Crippen LogP contribution in [0.1, 0.15) is 43.9 Å². The van der Waals surface area contributed by atoms with Gasteiger partial charge in [0.15, 0.2) is 0 Å². The molecule has 0 radical (unpaired) electrons. The lowest BCUT2D eigenvalue weighted by Crippen LogP contribution is -2.50. The molecular formula is C23H31ClN2O5S. The highest BCUT2D eigenvalue weighted by Crippen LogP contribution is 2.32. The predicted molar refractivity (Wildman–Crippen MR) is 128 cm³/mol. The van der Waals surface area contributed by atoms with Gasteiger partial charge in [-0.3, -0.25) is 9.10 Å². The number of carbonyl (C=O) groups is 1. The lowest BCUT2D eigenvalue weighted by atomic mass is 10.0. The van der Waals surface area contributed by atoms with Crippen LogP contribution < -0.4 is 19.1 Å². The van der Waals surface area contributed by atoms with Gasteiger partial charge < -0.3 is 14.8 Å². The molecule has 0 bridgehead atoms. The van der Waals surface area contributed by atoms with Crippen molar-refractivity contribution >= 4 is 33.2 Å². The van der Waals surface area contributed by atoms with E-state index in [-0.39, 0.29) is 23.4 Å². The van der Waals surface area contributed by atoms with Crippen molar-refractivity contribution in [1.29, 1.82) is 0 Å². The van der Waals surface area contributed by atoms with E-state index in [9.17, 15) is 13.2 Å². The number of anilines is 1. The molecule has 0 spiro atoms. The molecular weight excluding hydrogens is 452 g/mol. The highest BCUT2D eigenvalue weighted by molar-refractivity contribution is 7.92. The summed E-state index contributed by atoms with van der Waals surface area (Å²) in [6.45, 7) is 5.67. The van der Waals surface area contributed by atoms with Crippen LogP contribution in [-0.4, -0.2) is 40.8 Å². The molecule has 1 N–H and O–H groups in total. The van der Waals surface area contributed by atoms with Crippen LogP contribution in [0.15, 0.2) is 36.4 Å². The Morgan fingerprint density at radius 3 is 2.16 bits per heavy atom. The summed E-state index contributed by atoms with van der Waals surface area (Å²) >= 11 is 6.22. The van der Waals surface area contributed by atoms with E-state index >= 15 is 0 Å². The monoisotopic (exact) mass is 482 g/mol. The van der Waals surface area contributed by atoms with Gasteiger partial charge in [0.2, 0.25) is 15.9 Å². The van der Waals surface area contributed by atoms with Gasteiger partial charge >= 0.3 is 0 Å². The van der Waals surface area contributed by atoms with Crippen molar-refractivity contribution in [3.8, 4) is 11.5 Å². The van der Waals surface area contributed by atoms with Crippen molar-refractivity contribution in [1.82, 2.24) is 5.32 Å². The standard InChI is InChI=1S/C23H31ClN2O5S/c1-7-19(16-9-11-21(30-4)15(3)13-16)25-23(27)20(8-2)26(32(6,28)29)17-10-12-22(31-5)18(24)14-17/h9-14,19-20H,7-8H2,1-6H3,(H,25,27)/t19-,20-/m1/s1. The third-order valence-corrected chi connectivity index (χ3v) is 6.74. The molecule has 0 aliphatic rings. The second-order valence-electron chi connectivity index (χ2n) is 7.50. The number of carbonyl (C=O) groups excluding carboxylic acids is 1. The number of aryl methyl sites for hydroxylation is 1. The molecule has 0 unspecified atom stereocenters. The van der Waals surface area contributed by atoms with E-state index in [2.05, 4.69) is 5.32 Å². The fourth-order valence-electron chi connectivity index (χ4n) is 3.66. The zero-order valence-corrected chi connectivity index (χ0v) is 20.9. The topological polar surface area (TPSA) is 84.9 Å². The first-order valence-electron chi connectivity index (χ1n) is 10.3. The van der Waals surface area contributed by atoms with Crippen LogP contribution in [0.5, 0.6) is 11.5 Å². The number of rotatable bonds is 10. The van der Waals surface area contributed by atoms with Crippen molar-refractivity contribution in [3.63, 3.8) is 0 Å². The highest BCUT2D eigenvalue weighted by Gasteiger charge is 2.33. The Morgan fingerprint density at radius 1 is 1.06 bits per heavy atom. The first-order chi connectivity index (χ1) is 15.1. The van der Waals surface area contributed by atoms with Gasteiger partial charge in [0.25, 0.3) is 0 Å². The van der Waals surface area contributed by atoms with Gasteiger partial charge in [-0.2, -0.15) is 0 Å². The maximum atomic E-state index is 13.3. The minimum absolute atomic E-state index is 0.258. The number of ether oxygens (including phenoxy) is 2. The summed E-state index contributed by atoms with van der Waals surface area (Å²) in [4.78, 5) is 13.3. The largest absolute Gasteiger partial charge is 0.496 e. The number of nitrogens with zero attached hydrogens (tertiary/aromatic N) is 1. The second kappa shape index (κ2) is 10.9. The van der Waals surface area contributed by atoms with Crippen LogP contribution in [0.2, 0.25) is 5.02 Å². The summed E-state index contributed by atoms with van der Waals surface area (Å²) in [6.07, 6.45) is 1.99. The number of benzene rings is 2. The maximum absolute atomic E-state index is 13.3. The summed E-state index contributed by atoms with van der Waals surface area (Å²) in [5.41, 5.74) is 2.18. The quantitative estimate of drug-likeness (QED) is 0.539. The predicted octanol–water partition coefficient (Wildman–Crippen LogP) is 4.48. The normalized spacial score (nSPS) is 13.2. The number of sulfonamides is 1. The zero-order valence-electron chi connectivity index (χ0n) is 19.3. The Labute approximate surface area is 195 Å². The Balaban J connectivity index is 2.38. The third-order valence-electron chi connectivity index (χ3n) is 5.27. The van der Waals surface area contributed by atoms with Gasteiger partial charge in [-0.05, 0) is 55.2 Å². The van der Waals surface area contributed by atoms with Gasteiger partial charge in [-0.1, -0.05) is 37.6 Å². The number of methoxy groups -OCH3 is 2. The smallest absolute Gasteiger partial charge is 0.244 e. The van der Waals surface area contributed by atoms with Crippen LogP contribution in [0.4, 0.5) is 5.69 Å². The number of hydrogen-bond acceptors (Lipinski definition) is 5. The van der Waals surface area contributed by atoms with Crippen molar-refractivity contribution < 1.29 is 22.7 Å². The average molecular weight is 483 g/mol. The van der Waals surface area contributed by atoms with Crippen molar-refractivity contribution in [3.05, 3.63) is 52.5 Å². The number of amides is 1. The van der Waals surface area contributed by atoms with Crippen molar-refractivity contribution in [2.45, 2.75) is 45.7 Å². The maximum Gasteiger partial charge on any atom is 0.244 e. The minimum Gasteiger partial charge on any atom is -0.496 e. The van der Waals surface area contributed by atoms with Gasteiger partial charge in [0, 0.05) is 0 Å². The Hall–Kier alpha value is -2.45.